The number of carboxylic acid groups (broad SMARTS) is 1. The highest BCUT2D eigenvalue weighted by Gasteiger charge is 2.29. The van der Waals surface area contributed by atoms with Gasteiger partial charge in [-0.3, -0.25) is 4.79 Å². The number of hydrogen-bond acceptors (Lipinski definition) is 4. The number of H-pyrrole nitrogens is 1. The number of nitrogens with zero attached hydrogens (tertiary/aromatic N) is 2. The standard InChI is InChI=1S/C21H23N3O4/c1-23(2)10-11-6-4-7-12-15-14(24(3)18(11)12)9-5-8-13-17(15)22-20(26)16(19(13)25)21(27)28/h4,6-7H,5,8-10H2,1-3H3,(H,27,28)(H2,22,25,26). The lowest BCUT2D eigenvalue weighted by molar-refractivity contribution is 0.0691. The Bertz CT molecular complexity index is 1170. The zero-order valence-electron chi connectivity index (χ0n) is 16.2. The molecule has 4 rings (SSSR count). The van der Waals surface area contributed by atoms with Gasteiger partial charge in [0, 0.05) is 35.8 Å². The Labute approximate surface area is 161 Å². The topological polar surface area (TPSA) is 98.6 Å². The van der Waals surface area contributed by atoms with Gasteiger partial charge in [-0.2, -0.15) is 0 Å². The zero-order valence-corrected chi connectivity index (χ0v) is 16.2. The fraction of sp³-hybridized carbons (Fsp3) is 0.333. The van der Waals surface area contributed by atoms with Crippen molar-refractivity contribution in [2.45, 2.75) is 25.8 Å². The molecule has 7 heteroatoms. The monoisotopic (exact) mass is 381 g/mol. The number of aromatic carboxylic acids is 1. The molecule has 0 amide bonds. The van der Waals surface area contributed by atoms with Crippen LogP contribution in [-0.2, 0) is 26.4 Å². The first-order chi connectivity index (χ1) is 13.3. The first kappa shape index (κ1) is 18.3. The molecule has 146 valence electrons. The van der Waals surface area contributed by atoms with Gasteiger partial charge in [0.15, 0.2) is 5.56 Å². The molecule has 0 radical (unpaired) electrons. The van der Waals surface area contributed by atoms with Crippen molar-refractivity contribution in [3.8, 4) is 17.0 Å². The molecule has 0 bridgehead atoms. The van der Waals surface area contributed by atoms with Crippen LogP contribution in [0.5, 0.6) is 5.75 Å². The summed E-state index contributed by atoms with van der Waals surface area (Å²) in [6.07, 6.45) is 2.04. The van der Waals surface area contributed by atoms with Gasteiger partial charge in [0.1, 0.15) is 5.75 Å². The van der Waals surface area contributed by atoms with Gasteiger partial charge in [-0.25, -0.2) is 4.79 Å². The SMILES string of the molecule is CN(C)Cc1cccc2c3c(n(C)c12)CCCc1c-3[nH]c(=O)c(C(=O)O)c1O. The molecule has 0 fully saturated rings. The van der Waals surface area contributed by atoms with Gasteiger partial charge in [-0.15, -0.1) is 0 Å². The normalized spacial score (nSPS) is 13.4. The van der Waals surface area contributed by atoms with Crippen LogP contribution in [0.15, 0.2) is 23.0 Å². The first-order valence-electron chi connectivity index (χ1n) is 9.27. The van der Waals surface area contributed by atoms with Crippen LogP contribution < -0.4 is 5.56 Å². The predicted molar refractivity (Wildman–Crippen MR) is 107 cm³/mol. The van der Waals surface area contributed by atoms with Crippen LogP contribution in [0.2, 0.25) is 0 Å². The number of pyridine rings is 1. The van der Waals surface area contributed by atoms with Crippen LogP contribution in [0, 0.1) is 0 Å². The fourth-order valence-electron chi connectivity index (χ4n) is 4.40. The van der Waals surface area contributed by atoms with Crippen LogP contribution in [0.1, 0.15) is 33.6 Å². The average Bonchev–Trinajstić information content (AvgIpc) is 2.77. The van der Waals surface area contributed by atoms with Gasteiger partial charge in [-0.05, 0) is 38.9 Å². The van der Waals surface area contributed by atoms with E-state index in [9.17, 15) is 19.8 Å². The Morgan fingerprint density at radius 1 is 1.29 bits per heavy atom. The van der Waals surface area contributed by atoms with Gasteiger partial charge in [0.25, 0.3) is 5.56 Å². The second-order valence-electron chi connectivity index (χ2n) is 7.62. The van der Waals surface area contributed by atoms with Crippen molar-refractivity contribution in [2.75, 3.05) is 14.1 Å². The third-order valence-electron chi connectivity index (χ3n) is 5.50. The van der Waals surface area contributed by atoms with E-state index in [1.807, 2.05) is 33.3 Å². The molecule has 2 heterocycles. The lowest BCUT2D eigenvalue weighted by Gasteiger charge is -2.13. The fourth-order valence-corrected chi connectivity index (χ4v) is 4.40. The lowest BCUT2D eigenvalue weighted by Crippen LogP contribution is -2.20. The molecule has 0 saturated heterocycles. The smallest absolute Gasteiger partial charge is 0.345 e. The lowest BCUT2D eigenvalue weighted by atomic mass is 9.99. The summed E-state index contributed by atoms with van der Waals surface area (Å²) in [4.78, 5) is 28.7. The molecule has 2 aromatic heterocycles. The Morgan fingerprint density at radius 2 is 2.04 bits per heavy atom. The highest BCUT2D eigenvalue weighted by atomic mass is 16.4. The van der Waals surface area contributed by atoms with E-state index in [4.69, 9.17) is 0 Å². The Morgan fingerprint density at radius 3 is 2.71 bits per heavy atom. The van der Waals surface area contributed by atoms with Crippen LogP contribution in [0.3, 0.4) is 0 Å². The molecule has 0 atom stereocenters. The van der Waals surface area contributed by atoms with Crippen molar-refractivity contribution < 1.29 is 15.0 Å². The maximum atomic E-state index is 12.4. The van der Waals surface area contributed by atoms with Crippen LogP contribution in [0.25, 0.3) is 22.2 Å². The molecule has 3 N–H and O–H groups in total. The minimum Gasteiger partial charge on any atom is -0.506 e. The maximum Gasteiger partial charge on any atom is 0.345 e. The van der Waals surface area contributed by atoms with Gasteiger partial charge in [0.2, 0.25) is 0 Å². The van der Waals surface area contributed by atoms with Gasteiger partial charge in [-0.1, -0.05) is 18.2 Å². The van der Waals surface area contributed by atoms with E-state index in [0.29, 0.717) is 17.7 Å². The van der Waals surface area contributed by atoms with Crippen LogP contribution in [-0.4, -0.2) is 44.7 Å². The number of aryl methyl sites for hydroxylation is 1. The summed E-state index contributed by atoms with van der Waals surface area (Å²) in [7, 11) is 6.06. The number of hydrogen-bond donors (Lipinski definition) is 3. The Balaban J connectivity index is 2.10. The van der Waals surface area contributed by atoms with E-state index in [1.165, 1.54) is 5.56 Å². The first-order valence-corrected chi connectivity index (χ1v) is 9.27. The molecule has 3 aromatic rings. The average molecular weight is 381 g/mol. The van der Waals surface area contributed by atoms with E-state index in [-0.39, 0.29) is 0 Å². The summed E-state index contributed by atoms with van der Waals surface area (Å²) in [5.74, 6) is -1.84. The summed E-state index contributed by atoms with van der Waals surface area (Å²) >= 11 is 0. The summed E-state index contributed by atoms with van der Waals surface area (Å²) in [5.41, 5.74) is 3.90. The van der Waals surface area contributed by atoms with Crippen molar-refractivity contribution in [2.24, 2.45) is 7.05 Å². The number of benzene rings is 1. The number of aromatic nitrogens is 2. The minimum atomic E-state index is -1.42. The number of fused-ring (bicyclic) bond motifs is 5. The molecule has 0 spiro atoms. The maximum absolute atomic E-state index is 12.4. The third kappa shape index (κ3) is 2.62. The number of nitrogens with one attached hydrogen (secondary N) is 1. The van der Waals surface area contributed by atoms with Gasteiger partial charge < -0.3 is 24.7 Å². The number of aromatic amines is 1. The van der Waals surface area contributed by atoms with Crippen molar-refractivity contribution in [3.63, 3.8) is 0 Å². The summed E-state index contributed by atoms with van der Waals surface area (Å²) in [6, 6.07) is 6.11. The Hall–Kier alpha value is -3.06. The summed E-state index contributed by atoms with van der Waals surface area (Å²) < 4.78 is 2.17. The molecular weight excluding hydrogens is 358 g/mol. The van der Waals surface area contributed by atoms with Crippen LogP contribution in [0.4, 0.5) is 0 Å². The van der Waals surface area contributed by atoms with Crippen LogP contribution >= 0.6 is 0 Å². The van der Waals surface area contributed by atoms with E-state index in [2.05, 4.69) is 20.5 Å². The van der Waals surface area contributed by atoms with E-state index in [1.54, 1.807) is 0 Å². The number of carboxylic acids is 1. The molecule has 28 heavy (non-hydrogen) atoms. The molecule has 0 saturated carbocycles. The molecule has 1 aliphatic carbocycles. The highest BCUT2D eigenvalue weighted by molar-refractivity contribution is 6.01. The van der Waals surface area contributed by atoms with Crippen molar-refractivity contribution in [1.82, 2.24) is 14.5 Å². The Kier molecular flexibility index (Phi) is 4.27. The van der Waals surface area contributed by atoms with Gasteiger partial charge >= 0.3 is 5.97 Å². The largest absolute Gasteiger partial charge is 0.506 e. The zero-order chi connectivity index (χ0) is 20.2. The molecule has 1 aromatic carbocycles. The second-order valence-corrected chi connectivity index (χ2v) is 7.62. The summed E-state index contributed by atoms with van der Waals surface area (Å²) in [5, 5.41) is 20.9. The number of para-hydroxylation sites is 1. The molecule has 7 nitrogen and oxygen atoms in total. The summed E-state index contributed by atoms with van der Waals surface area (Å²) in [6.45, 7) is 0.778. The second kappa shape index (κ2) is 6.53. The van der Waals surface area contributed by atoms with E-state index >= 15 is 0 Å². The number of aromatic hydroxyl groups is 1. The van der Waals surface area contributed by atoms with Gasteiger partial charge in [0.05, 0.1) is 11.2 Å². The molecular formula is C21H23N3O4. The quantitative estimate of drug-likeness (QED) is 0.647. The van der Waals surface area contributed by atoms with Crippen molar-refractivity contribution >= 4 is 16.9 Å². The number of rotatable bonds is 3. The number of carbonyl (C=O) groups is 1. The van der Waals surface area contributed by atoms with E-state index < -0.39 is 22.8 Å². The predicted octanol–water partition coefficient (Wildman–Crippen LogP) is 2.49. The van der Waals surface area contributed by atoms with E-state index in [0.717, 1.165) is 41.5 Å². The third-order valence-corrected chi connectivity index (χ3v) is 5.50. The molecule has 0 aliphatic heterocycles. The molecule has 0 unspecified atom stereocenters. The molecule has 1 aliphatic rings. The van der Waals surface area contributed by atoms with Crippen molar-refractivity contribution in [3.05, 3.63) is 50.9 Å². The highest BCUT2D eigenvalue weighted by Crippen LogP contribution is 2.42. The minimum absolute atomic E-state index is 0.416. The van der Waals surface area contributed by atoms with Crippen molar-refractivity contribution in [1.29, 1.82) is 0 Å².